The number of phenols is 1. The fraction of sp³-hybridized carbons (Fsp3) is 0.647. The third-order valence-corrected chi connectivity index (χ3v) is 4.70. The summed E-state index contributed by atoms with van der Waals surface area (Å²) >= 11 is 0. The third-order valence-electron chi connectivity index (χ3n) is 4.70. The summed E-state index contributed by atoms with van der Waals surface area (Å²) in [5, 5.41) is 10.2. The second-order valence-electron chi connectivity index (χ2n) is 5.91. The maximum absolute atomic E-state index is 10.2. The number of phenolic OH excluding ortho intramolecular Hbond substituents is 1. The number of hydrogen-bond donors (Lipinski definition) is 1. The second kappa shape index (κ2) is 6.98. The van der Waals surface area contributed by atoms with Crippen LogP contribution in [0.25, 0.3) is 0 Å². The van der Waals surface area contributed by atoms with Gasteiger partial charge in [0.2, 0.25) is 0 Å². The van der Waals surface area contributed by atoms with E-state index < -0.39 is 0 Å². The van der Waals surface area contributed by atoms with Gasteiger partial charge in [0, 0.05) is 23.7 Å². The van der Waals surface area contributed by atoms with Crippen LogP contribution in [0.5, 0.6) is 11.5 Å². The van der Waals surface area contributed by atoms with Crippen LogP contribution in [0.15, 0.2) is 18.2 Å². The lowest BCUT2D eigenvalue weighted by atomic mass is 10.0. The molecule has 20 heavy (non-hydrogen) atoms. The summed E-state index contributed by atoms with van der Waals surface area (Å²) in [5.41, 5.74) is 0.984. The van der Waals surface area contributed by atoms with Crippen LogP contribution < -0.4 is 4.74 Å². The van der Waals surface area contributed by atoms with E-state index >= 15 is 0 Å². The van der Waals surface area contributed by atoms with Crippen LogP contribution in [0.3, 0.4) is 0 Å². The lowest BCUT2D eigenvalue weighted by Gasteiger charge is -2.33. The van der Waals surface area contributed by atoms with Crippen LogP contribution in [-0.2, 0) is 0 Å². The largest absolute Gasteiger partial charge is 0.507 e. The Morgan fingerprint density at radius 2 is 1.85 bits per heavy atom. The van der Waals surface area contributed by atoms with Gasteiger partial charge in [0.15, 0.2) is 0 Å². The average molecular weight is 277 g/mol. The fourth-order valence-electron chi connectivity index (χ4n) is 3.20. The highest BCUT2D eigenvalue weighted by molar-refractivity contribution is 5.41. The van der Waals surface area contributed by atoms with E-state index in [9.17, 15) is 5.11 Å². The lowest BCUT2D eigenvalue weighted by Crippen LogP contribution is -2.33. The molecule has 0 bridgehead atoms. The highest BCUT2D eigenvalue weighted by Gasteiger charge is 2.23. The van der Waals surface area contributed by atoms with Crippen LogP contribution in [-0.4, -0.2) is 30.2 Å². The summed E-state index contributed by atoms with van der Waals surface area (Å²) in [7, 11) is 3.81. The third kappa shape index (κ3) is 3.45. The van der Waals surface area contributed by atoms with Gasteiger partial charge in [-0.05, 0) is 32.9 Å². The highest BCUT2D eigenvalue weighted by Crippen LogP contribution is 2.34. The van der Waals surface area contributed by atoms with Gasteiger partial charge < -0.3 is 9.84 Å². The molecule has 0 saturated heterocycles. The summed E-state index contributed by atoms with van der Waals surface area (Å²) in [5.74, 6) is 1.04. The second-order valence-corrected chi connectivity index (χ2v) is 5.91. The molecule has 0 aliphatic heterocycles. The van der Waals surface area contributed by atoms with Crippen LogP contribution >= 0.6 is 0 Å². The van der Waals surface area contributed by atoms with E-state index in [0.717, 1.165) is 5.56 Å². The molecular weight excluding hydrogens is 250 g/mol. The minimum atomic E-state index is 0.226. The van der Waals surface area contributed by atoms with E-state index in [1.165, 1.54) is 38.5 Å². The van der Waals surface area contributed by atoms with E-state index in [2.05, 4.69) is 18.9 Å². The molecule has 1 aliphatic rings. The minimum absolute atomic E-state index is 0.226. The van der Waals surface area contributed by atoms with Crippen molar-refractivity contribution in [2.75, 3.05) is 14.2 Å². The number of aromatic hydroxyl groups is 1. The molecule has 0 heterocycles. The first-order valence-corrected chi connectivity index (χ1v) is 7.72. The number of ether oxygens (including phenoxy) is 1. The summed E-state index contributed by atoms with van der Waals surface area (Å²) in [4.78, 5) is 2.42. The molecule has 1 atom stereocenters. The fourth-order valence-corrected chi connectivity index (χ4v) is 3.20. The van der Waals surface area contributed by atoms with E-state index in [1.807, 2.05) is 12.1 Å². The first kappa shape index (κ1) is 15.2. The molecule has 3 heteroatoms. The Morgan fingerprint density at radius 3 is 2.40 bits per heavy atom. The Balaban J connectivity index is 2.10. The molecule has 1 fully saturated rings. The molecule has 3 nitrogen and oxygen atoms in total. The van der Waals surface area contributed by atoms with Crippen molar-refractivity contribution in [2.24, 2.45) is 0 Å². The zero-order chi connectivity index (χ0) is 14.5. The van der Waals surface area contributed by atoms with Crippen molar-refractivity contribution in [2.45, 2.75) is 57.5 Å². The van der Waals surface area contributed by atoms with Gasteiger partial charge in [-0.1, -0.05) is 31.7 Å². The number of methoxy groups -OCH3 is 1. The van der Waals surface area contributed by atoms with Crippen LogP contribution in [0.1, 0.15) is 57.1 Å². The molecule has 1 aromatic carbocycles. The molecular formula is C17H27NO2. The topological polar surface area (TPSA) is 32.7 Å². The first-order valence-electron chi connectivity index (χ1n) is 7.72. The summed E-state index contributed by atoms with van der Waals surface area (Å²) < 4.78 is 5.15. The van der Waals surface area contributed by atoms with Gasteiger partial charge in [-0.2, -0.15) is 0 Å². The van der Waals surface area contributed by atoms with Gasteiger partial charge in [-0.25, -0.2) is 0 Å². The first-order chi connectivity index (χ1) is 9.63. The maximum Gasteiger partial charge on any atom is 0.124 e. The molecule has 0 radical (unpaired) electrons. The summed E-state index contributed by atoms with van der Waals surface area (Å²) in [6.07, 6.45) is 7.95. The van der Waals surface area contributed by atoms with Gasteiger partial charge in [0.25, 0.3) is 0 Å². The van der Waals surface area contributed by atoms with Crippen molar-refractivity contribution >= 4 is 0 Å². The number of benzene rings is 1. The van der Waals surface area contributed by atoms with Gasteiger partial charge in [-0.15, -0.1) is 0 Å². The molecule has 0 amide bonds. The van der Waals surface area contributed by atoms with Crippen molar-refractivity contribution in [1.29, 1.82) is 0 Å². The van der Waals surface area contributed by atoms with Gasteiger partial charge >= 0.3 is 0 Å². The summed E-state index contributed by atoms with van der Waals surface area (Å²) in [6, 6.07) is 6.46. The normalized spacial score (nSPS) is 18.8. The Labute approximate surface area is 122 Å². The smallest absolute Gasteiger partial charge is 0.124 e. The molecule has 112 valence electrons. The zero-order valence-electron chi connectivity index (χ0n) is 12.9. The van der Waals surface area contributed by atoms with E-state index in [1.54, 1.807) is 13.2 Å². The lowest BCUT2D eigenvalue weighted by molar-refractivity contribution is 0.166. The molecule has 1 aromatic rings. The SMILES string of the molecule is COc1ccc(C(C)N(C)C2CCCCCC2)c(O)c1. The molecule has 0 aromatic heterocycles. The molecule has 1 aliphatic carbocycles. The summed E-state index contributed by atoms with van der Waals surface area (Å²) in [6.45, 7) is 2.17. The zero-order valence-corrected chi connectivity index (χ0v) is 12.9. The van der Waals surface area contributed by atoms with Gasteiger partial charge in [0.05, 0.1) is 7.11 Å². The quantitative estimate of drug-likeness (QED) is 0.840. The van der Waals surface area contributed by atoms with Crippen molar-refractivity contribution in [3.8, 4) is 11.5 Å². The average Bonchev–Trinajstić information content (AvgIpc) is 2.74. The Morgan fingerprint density at radius 1 is 1.20 bits per heavy atom. The van der Waals surface area contributed by atoms with Crippen LogP contribution in [0, 0.1) is 0 Å². The van der Waals surface area contributed by atoms with Crippen molar-refractivity contribution in [3.63, 3.8) is 0 Å². The van der Waals surface area contributed by atoms with Gasteiger partial charge in [0.1, 0.15) is 11.5 Å². The Hall–Kier alpha value is -1.22. The Kier molecular flexibility index (Phi) is 5.30. The van der Waals surface area contributed by atoms with E-state index in [4.69, 9.17) is 4.74 Å². The number of rotatable bonds is 4. The molecule has 0 spiro atoms. The number of hydrogen-bond acceptors (Lipinski definition) is 3. The van der Waals surface area contributed by atoms with Crippen molar-refractivity contribution in [3.05, 3.63) is 23.8 Å². The monoisotopic (exact) mass is 277 g/mol. The highest BCUT2D eigenvalue weighted by atomic mass is 16.5. The number of nitrogens with zero attached hydrogens (tertiary/aromatic N) is 1. The van der Waals surface area contributed by atoms with Gasteiger partial charge in [-0.3, -0.25) is 4.90 Å². The predicted molar refractivity (Wildman–Crippen MR) is 82.3 cm³/mol. The molecule has 1 N–H and O–H groups in total. The van der Waals surface area contributed by atoms with Crippen LogP contribution in [0.2, 0.25) is 0 Å². The maximum atomic E-state index is 10.2. The van der Waals surface area contributed by atoms with Crippen LogP contribution in [0.4, 0.5) is 0 Å². The molecule has 1 saturated carbocycles. The van der Waals surface area contributed by atoms with E-state index in [-0.39, 0.29) is 6.04 Å². The molecule has 1 unspecified atom stereocenters. The molecule has 2 rings (SSSR count). The van der Waals surface area contributed by atoms with Crippen molar-refractivity contribution in [1.82, 2.24) is 4.90 Å². The standard InChI is InChI=1S/C17H27NO2/c1-13(16-11-10-15(20-3)12-17(16)19)18(2)14-8-6-4-5-7-9-14/h10-14,19H,4-9H2,1-3H3. The van der Waals surface area contributed by atoms with Crippen molar-refractivity contribution < 1.29 is 9.84 Å². The van der Waals surface area contributed by atoms with E-state index in [0.29, 0.717) is 17.5 Å². The Bertz CT molecular complexity index is 425. The minimum Gasteiger partial charge on any atom is -0.507 e. The predicted octanol–water partition coefficient (Wildman–Crippen LogP) is 4.12.